The summed E-state index contributed by atoms with van der Waals surface area (Å²) in [5.41, 5.74) is 2.43. The lowest BCUT2D eigenvalue weighted by Gasteiger charge is -2.26. The molecule has 4 heteroatoms. The Labute approximate surface area is 132 Å². The maximum atomic E-state index is 4.61. The van der Waals surface area contributed by atoms with Crippen LogP contribution in [0.3, 0.4) is 0 Å². The molecule has 0 radical (unpaired) electrons. The summed E-state index contributed by atoms with van der Waals surface area (Å²) < 4.78 is 3.32. The molecule has 0 saturated heterocycles. The molecule has 0 amide bonds. The summed E-state index contributed by atoms with van der Waals surface area (Å²) in [6.07, 6.45) is 6.21. The van der Waals surface area contributed by atoms with Gasteiger partial charge in [0.1, 0.15) is 0 Å². The SMILES string of the molecule is CCCCC(CC)C(Cc1c(Br)c(C)nn1CC)NC. The molecule has 0 saturated carbocycles. The van der Waals surface area contributed by atoms with E-state index in [9.17, 15) is 0 Å². The Bertz CT molecular complexity index is 401. The van der Waals surface area contributed by atoms with Gasteiger partial charge in [0.25, 0.3) is 0 Å². The van der Waals surface area contributed by atoms with Crippen LogP contribution in [-0.2, 0) is 13.0 Å². The summed E-state index contributed by atoms with van der Waals surface area (Å²) in [7, 11) is 2.09. The van der Waals surface area contributed by atoms with Gasteiger partial charge in [-0.3, -0.25) is 4.68 Å². The number of nitrogens with one attached hydrogen (secondary N) is 1. The summed E-state index contributed by atoms with van der Waals surface area (Å²) in [5, 5.41) is 8.14. The van der Waals surface area contributed by atoms with Crippen LogP contribution in [0.15, 0.2) is 4.47 Å². The Hall–Kier alpha value is -0.350. The van der Waals surface area contributed by atoms with E-state index in [4.69, 9.17) is 0 Å². The Morgan fingerprint density at radius 3 is 2.50 bits per heavy atom. The zero-order chi connectivity index (χ0) is 15.1. The molecule has 0 aliphatic rings. The normalized spacial score (nSPS) is 14.5. The highest BCUT2D eigenvalue weighted by molar-refractivity contribution is 9.10. The fourth-order valence-corrected chi connectivity index (χ4v) is 3.38. The zero-order valence-electron chi connectivity index (χ0n) is 13.7. The minimum absolute atomic E-state index is 0.532. The quantitative estimate of drug-likeness (QED) is 0.723. The average Bonchev–Trinajstić information content (AvgIpc) is 2.73. The molecule has 3 nitrogen and oxygen atoms in total. The molecule has 1 N–H and O–H groups in total. The fourth-order valence-electron chi connectivity index (χ4n) is 2.93. The van der Waals surface area contributed by atoms with Gasteiger partial charge in [-0.05, 0) is 49.2 Å². The van der Waals surface area contributed by atoms with Gasteiger partial charge in [-0.25, -0.2) is 0 Å². The van der Waals surface area contributed by atoms with E-state index in [2.05, 4.69) is 65.8 Å². The van der Waals surface area contributed by atoms with Crippen LogP contribution in [-0.4, -0.2) is 22.9 Å². The van der Waals surface area contributed by atoms with Crippen LogP contribution in [0.2, 0.25) is 0 Å². The van der Waals surface area contributed by atoms with Gasteiger partial charge >= 0.3 is 0 Å². The van der Waals surface area contributed by atoms with Crippen molar-refractivity contribution in [1.29, 1.82) is 0 Å². The van der Waals surface area contributed by atoms with E-state index in [1.807, 2.05) is 0 Å². The Kier molecular flexibility index (Phi) is 7.82. The van der Waals surface area contributed by atoms with Crippen molar-refractivity contribution in [3.05, 3.63) is 15.9 Å². The smallest absolute Gasteiger partial charge is 0.0738 e. The van der Waals surface area contributed by atoms with E-state index in [0.29, 0.717) is 6.04 Å². The molecule has 2 atom stereocenters. The average molecular weight is 344 g/mol. The van der Waals surface area contributed by atoms with E-state index >= 15 is 0 Å². The van der Waals surface area contributed by atoms with Gasteiger partial charge in [0.2, 0.25) is 0 Å². The predicted octanol–water partition coefficient (Wildman–Crippen LogP) is 4.32. The van der Waals surface area contributed by atoms with Crippen molar-refractivity contribution in [1.82, 2.24) is 15.1 Å². The molecule has 1 rings (SSSR count). The second kappa shape index (κ2) is 8.83. The first-order chi connectivity index (χ1) is 9.58. The largest absolute Gasteiger partial charge is 0.316 e. The third kappa shape index (κ3) is 4.32. The highest BCUT2D eigenvalue weighted by Crippen LogP contribution is 2.26. The van der Waals surface area contributed by atoms with Crippen molar-refractivity contribution in [3.63, 3.8) is 0 Å². The standard InChI is InChI=1S/C16H30BrN3/c1-6-9-10-13(7-2)14(18-5)11-15-16(17)12(4)19-20(15)8-3/h13-14,18H,6-11H2,1-5H3. The topological polar surface area (TPSA) is 29.9 Å². The van der Waals surface area contributed by atoms with E-state index in [0.717, 1.165) is 24.6 Å². The summed E-state index contributed by atoms with van der Waals surface area (Å²) in [6.45, 7) is 9.74. The number of rotatable bonds is 9. The maximum Gasteiger partial charge on any atom is 0.0738 e. The van der Waals surface area contributed by atoms with Gasteiger partial charge < -0.3 is 5.32 Å². The van der Waals surface area contributed by atoms with Crippen molar-refractivity contribution in [3.8, 4) is 0 Å². The Balaban J connectivity index is 2.86. The Morgan fingerprint density at radius 1 is 1.30 bits per heavy atom. The highest BCUT2D eigenvalue weighted by atomic mass is 79.9. The van der Waals surface area contributed by atoms with Gasteiger partial charge in [0.15, 0.2) is 0 Å². The molecule has 0 bridgehead atoms. The van der Waals surface area contributed by atoms with Crippen LogP contribution in [0.25, 0.3) is 0 Å². The van der Waals surface area contributed by atoms with Crippen LogP contribution in [0.1, 0.15) is 57.8 Å². The minimum atomic E-state index is 0.532. The molecular weight excluding hydrogens is 314 g/mol. The van der Waals surface area contributed by atoms with Crippen molar-refractivity contribution >= 4 is 15.9 Å². The van der Waals surface area contributed by atoms with Gasteiger partial charge in [0, 0.05) is 19.0 Å². The summed E-state index contributed by atoms with van der Waals surface area (Å²) in [5.74, 6) is 0.743. The number of aryl methyl sites for hydroxylation is 2. The molecule has 0 aromatic carbocycles. The van der Waals surface area contributed by atoms with Gasteiger partial charge in [-0.2, -0.15) is 5.10 Å². The lowest BCUT2D eigenvalue weighted by atomic mass is 9.88. The van der Waals surface area contributed by atoms with E-state index in [1.54, 1.807) is 0 Å². The monoisotopic (exact) mass is 343 g/mol. The maximum absolute atomic E-state index is 4.61. The molecule has 0 aliphatic carbocycles. The number of unbranched alkanes of at least 4 members (excludes halogenated alkanes) is 1. The molecule has 116 valence electrons. The lowest BCUT2D eigenvalue weighted by molar-refractivity contribution is 0.324. The fraction of sp³-hybridized carbons (Fsp3) is 0.812. The van der Waals surface area contributed by atoms with Crippen molar-refractivity contribution in [2.24, 2.45) is 5.92 Å². The molecule has 0 spiro atoms. The molecular formula is C16H30BrN3. The third-order valence-electron chi connectivity index (χ3n) is 4.26. The van der Waals surface area contributed by atoms with E-state index < -0.39 is 0 Å². The van der Waals surface area contributed by atoms with Crippen LogP contribution in [0.4, 0.5) is 0 Å². The molecule has 0 aliphatic heterocycles. The molecule has 2 unspecified atom stereocenters. The number of hydrogen-bond donors (Lipinski definition) is 1. The molecule has 1 aromatic heterocycles. The first-order valence-corrected chi connectivity index (χ1v) is 8.77. The number of hydrogen-bond acceptors (Lipinski definition) is 2. The van der Waals surface area contributed by atoms with E-state index in [-0.39, 0.29) is 0 Å². The first kappa shape index (κ1) is 17.7. The molecule has 1 aromatic rings. The number of halogens is 1. The summed E-state index contributed by atoms with van der Waals surface area (Å²) in [6, 6.07) is 0.532. The van der Waals surface area contributed by atoms with E-state index in [1.165, 1.54) is 35.8 Å². The second-order valence-electron chi connectivity index (χ2n) is 5.57. The van der Waals surface area contributed by atoms with Crippen molar-refractivity contribution in [2.45, 2.75) is 72.4 Å². The molecule has 20 heavy (non-hydrogen) atoms. The number of likely N-dealkylation sites (N-methyl/N-ethyl adjacent to an activating group) is 1. The first-order valence-electron chi connectivity index (χ1n) is 7.97. The molecule has 1 heterocycles. The van der Waals surface area contributed by atoms with Crippen LogP contribution >= 0.6 is 15.9 Å². The van der Waals surface area contributed by atoms with Gasteiger partial charge in [-0.1, -0.05) is 33.1 Å². The zero-order valence-corrected chi connectivity index (χ0v) is 15.3. The number of aromatic nitrogens is 2. The van der Waals surface area contributed by atoms with Crippen LogP contribution < -0.4 is 5.32 Å². The lowest BCUT2D eigenvalue weighted by Crippen LogP contribution is -2.36. The van der Waals surface area contributed by atoms with Crippen LogP contribution in [0, 0.1) is 12.8 Å². The van der Waals surface area contributed by atoms with Gasteiger partial charge in [-0.15, -0.1) is 0 Å². The number of nitrogens with zero attached hydrogens (tertiary/aromatic N) is 2. The van der Waals surface area contributed by atoms with Gasteiger partial charge in [0.05, 0.1) is 15.9 Å². The van der Waals surface area contributed by atoms with Crippen LogP contribution in [0.5, 0.6) is 0 Å². The summed E-state index contributed by atoms with van der Waals surface area (Å²) in [4.78, 5) is 0. The Morgan fingerprint density at radius 2 is 2.00 bits per heavy atom. The highest BCUT2D eigenvalue weighted by Gasteiger charge is 2.22. The third-order valence-corrected chi connectivity index (χ3v) is 5.29. The second-order valence-corrected chi connectivity index (χ2v) is 6.36. The predicted molar refractivity (Wildman–Crippen MR) is 90.2 cm³/mol. The van der Waals surface area contributed by atoms with Crippen molar-refractivity contribution < 1.29 is 0 Å². The molecule has 0 fully saturated rings. The summed E-state index contributed by atoms with van der Waals surface area (Å²) >= 11 is 3.71. The van der Waals surface area contributed by atoms with Crippen molar-refractivity contribution in [2.75, 3.05) is 7.05 Å². The minimum Gasteiger partial charge on any atom is -0.316 e.